The number of imidazole rings is 2. The minimum Gasteiger partial charge on any atom is -0.422 e. The molecule has 8 aromatic rings. The molecule has 2 aliphatic heterocycles. The minimum atomic E-state index is -0.375. The topological polar surface area (TPSA) is 130 Å². The second-order valence-electron chi connectivity index (χ2n) is 15.5. The summed E-state index contributed by atoms with van der Waals surface area (Å²) in [5.41, 5.74) is 9.46. The largest absolute Gasteiger partial charge is 0.422 e. The number of hydrogen-bond donors (Lipinski definition) is 1. The lowest BCUT2D eigenvalue weighted by molar-refractivity contribution is 0.213. The highest BCUT2D eigenvalue weighted by Gasteiger charge is 2.24. The van der Waals surface area contributed by atoms with E-state index < -0.39 is 0 Å². The zero-order valence-electron chi connectivity index (χ0n) is 33.5. The first-order chi connectivity index (χ1) is 28.1. The zero-order valence-corrected chi connectivity index (χ0v) is 33.5. The number of nitrogens with one attached hydrogen (secondary N) is 1. The number of piperazine rings is 2. The first kappa shape index (κ1) is 37.3. The van der Waals surface area contributed by atoms with E-state index in [4.69, 9.17) is 8.83 Å². The van der Waals surface area contributed by atoms with Gasteiger partial charge in [-0.1, -0.05) is 6.92 Å². The molecule has 1 atom stereocenters. The summed E-state index contributed by atoms with van der Waals surface area (Å²) in [6.45, 7) is 14.9. The van der Waals surface area contributed by atoms with Gasteiger partial charge in [0.2, 0.25) is 0 Å². The molecule has 1 unspecified atom stereocenters. The molecule has 0 radical (unpaired) electrons. The standard InChI is InChI=1S/C24H27N5O2.C21H20N4O2/c1-5-18-13-28(9-8-27(18)4)19-7-6-17-10-20(24(30)31-22(17)11-19)21-14-29-12-15(2)25-16(3)23(29)26-21;1-14-12-25-13-16(3-5-20(25)23-14)18-10-15-2-4-17(11-19(15)27-21(18)26)24-8-6-22-7-9-24/h6-7,10-12,14,18H,5,8-9,13H2,1-4H3;2-5,10-13,22H,6-9H2,1H3. The number of likely N-dealkylation sites (N-methyl/N-ethyl adjacent to an activating group) is 1. The van der Waals surface area contributed by atoms with Gasteiger partial charge in [0.05, 0.1) is 33.9 Å². The van der Waals surface area contributed by atoms with Gasteiger partial charge in [0, 0.05) is 116 Å². The normalized spacial score (nSPS) is 16.4. The highest BCUT2D eigenvalue weighted by atomic mass is 16.4. The van der Waals surface area contributed by atoms with Crippen LogP contribution in [0.4, 0.5) is 11.4 Å². The lowest BCUT2D eigenvalue weighted by Crippen LogP contribution is -2.51. The van der Waals surface area contributed by atoms with Gasteiger partial charge >= 0.3 is 11.3 Å². The first-order valence-corrected chi connectivity index (χ1v) is 20.0. The Labute approximate surface area is 335 Å². The second-order valence-corrected chi connectivity index (χ2v) is 15.5. The monoisotopic (exact) mass is 777 g/mol. The van der Waals surface area contributed by atoms with Crippen LogP contribution in [-0.2, 0) is 0 Å². The summed E-state index contributed by atoms with van der Waals surface area (Å²) < 4.78 is 15.3. The number of rotatable bonds is 5. The molecule has 0 amide bonds. The maximum absolute atomic E-state index is 12.8. The van der Waals surface area contributed by atoms with Crippen LogP contribution in [0.2, 0.25) is 0 Å². The van der Waals surface area contributed by atoms with Gasteiger partial charge in [-0.3, -0.25) is 9.88 Å². The van der Waals surface area contributed by atoms with Crippen molar-refractivity contribution in [3.63, 3.8) is 0 Å². The van der Waals surface area contributed by atoms with Crippen molar-refractivity contribution >= 4 is 44.6 Å². The van der Waals surface area contributed by atoms with Crippen LogP contribution in [-0.4, -0.2) is 87.6 Å². The molecule has 13 nitrogen and oxygen atoms in total. The Morgan fingerprint density at radius 3 is 2.07 bits per heavy atom. The molecular formula is C45H47N9O4. The second kappa shape index (κ2) is 15.2. The highest BCUT2D eigenvalue weighted by molar-refractivity contribution is 5.85. The van der Waals surface area contributed by atoms with Gasteiger partial charge in [0.15, 0.2) is 5.65 Å². The van der Waals surface area contributed by atoms with Crippen molar-refractivity contribution in [3.05, 3.63) is 123 Å². The molecule has 2 aromatic carbocycles. The highest BCUT2D eigenvalue weighted by Crippen LogP contribution is 2.28. The SMILES string of the molecule is CCC1CN(c2ccc3cc(-c4cn5cc(C)nc(C)c5n4)c(=O)oc3c2)CCN1C.Cc1cn2cc(-c3cc4ccc(N5CCNCC5)cc4oc3=O)ccc2n1. The van der Waals surface area contributed by atoms with Crippen molar-refractivity contribution in [2.45, 2.75) is 40.2 Å². The van der Waals surface area contributed by atoms with Crippen LogP contribution < -0.4 is 26.4 Å². The van der Waals surface area contributed by atoms with E-state index in [1.807, 2.05) is 103 Å². The number of nitrogens with zero attached hydrogens (tertiary/aromatic N) is 8. The van der Waals surface area contributed by atoms with Crippen molar-refractivity contribution < 1.29 is 8.83 Å². The molecular weight excluding hydrogens is 731 g/mol. The quantitative estimate of drug-likeness (QED) is 0.193. The summed E-state index contributed by atoms with van der Waals surface area (Å²) in [5.74, 6) is 0. The predicted octanol–water partition coefficient (Wildman–Crippen LogP) is 6.48. The lowest BCUT2D eigenvalue weighted by Gasteiger charge is -2.40. The van der Waals surface area contributed by atoms with E-state index in [-0.39, 0.29) is 11.3 Å². The van der Waals surface area contributed by atoms with Crippen LogP contribution in [0, 0.1) is 20.8 Å². The van der Waals surface area contributed by atoms with Crippen LogP contribution in [0.5, 0.6) is 0 Å². The number of benzene rings is 2. The fourth-order valence-electron chi connectivity index (χ4n) is 8.23. The minimum absolute atomic E-state index is 0.323. The number of aromatic nitrogens is 5. The molecule has 6 aromatic heterocycles. The molecule has 58 heavy (non-hydrogen) atoms. The molecule has 2 fully saturated rings. The van der Waals surface area contributed by atoms with E-state index in [1.165, 1.54) is 0 Å². The molecule has 296 valence electrons. The van der Waals surface area contributed by atoms with Crippen LogP contribution in [0.3, 0.4) is 0 Å². The summed E-state index contributed by atoms with van der Waals surface area (Å²) >= 11 is 0. The number of fused-ring (bicyclic) bond motifs is 4. The van der Waals surface area contributed by atoms with Crippen molar-refractivity contribution in [1.82, 2.24) is 34.0 Å². The van der Waals surface area contributed by atoms with E-state index in [9.17, 15) is 9.59 Å². The summed E-state index contributed by atoms with van der Waals surface area (Å²) in [7, 11) is 2.19. The van der Waals surface area contributed by atoms with Crippen LogP contribution in [0.15, 0.2) is 104 Å². The predicted molar refractivity (Wildman–Crippen MR) is 229 cm³/mol. The summed E-state index contributed by atoms with van der Waals surface area (Å²) in [4.78, 5) is 46.1. The Kier molecular flexibility index (Phi) is 9.78. The van der Waals surface area contributed by atoms with Crippen molar-refractivity contribution in [3.8, 4) is 22.4 Å². The average Bonchev–Trinajstić information content (AvgIpc) is 3.83. The molecule has 8 heterocycles. The molecule has 1 N–H and O–H groups in total. The molecule has 2 aliphatic rings. The summed E-state index contributed by atoms with van der Waals surface area (Å²) in [6.07, 6.45) is 8.75. The van der Waals surface area contributed by atoms with Crippen molar-refractivity contribution in [2.24, 2.45) is 0 Å². The number of aryl methyl sites for hydroxylation is 3. The van der Waals surface area contributed by atoms with Crippen LogP contribution in [0.25, 0.3) is 55.6 Å². The molecule has 0 spiro atoms. The van der Waals surface area contributed by atoms with Crippen molar-refractivity contribution in [2.75, 3.05) is 62.7 Å². The van der Waals surface area contributed by atoms with Gasteiger partial charge in [-0.05, 0) is 82.8 Å². The van der Waals surface area contributed by atoms with E-state index in [1.54, 1.807) is 0 Å². The Morgan fingerprint density at radius 2 is 1.34 bits per heavy atom. The molecule has 2 saturated heterocycles. The third kappa shape index (κ3) is 7.22. The molecule has 0 bridgehead atoms. The van der Waals surface area contributed by atoms with Gasteiger partial charge in [-0.15, -0.1) is 0 Å². The van der Waals surface area contributed by atoms with E-state index >= 15 is 0 Å². The van der Waals surface area contributed by atoms with Gasteiger partial charge in [-0.25, -0.2) is 19.6 Å². The third-order valence-corrected chi connectivity index (χ3v) is 11.4. The fourth-order valence-corrected chi connectivity index (χ4v) is 8.23. The van der Waals surface area contributed by atoms with Gasteiger partial charge < -0.3 is 32.8 Å². The summed E-state index contributed by atoms with van der Waals surface area (Å²) in [6, 6.07) is 20.4. The number of hydrogen-bond acceptors (Lipinski definition) is 11. The Morgan fingerprint density at radius 1 is 0.690 bits per heavy atom. The van der Waals surface area contributed by atoms with Gasteiger partial charge in [0.25, 0.3) is 0 Å². The first-order valence-electron chi connectivity index (χ1n) is 20.0. The Balaban J connectivity index is 0.000000152. The molecule has 13 heteroatoms. The van der Waals surface area contributed by atoms with E-state index in [0.29, 0.717) is 34.0 Å². The Hall–Kier alpha value is -6.31. The van der Waals surface area contributed by atoms with Gasteiger partial charge in [0.1, 0.15) is 16.8 Å². The number of anilines is 2. The fraction of sp³-hybridized carbons (Fsp3) is 0.311. The summed E-state index contributed by atoms with van der Waals surface area (Å²) in [5, 5.41) is 5.16. The lowest BCUT2D eigenvalue weighted by atomic mass is 10.1. The molecule has 0 saturated carbocycles. The van der Waals surface area contributed by atoms with E-state index in [2.05, 4.69) is 61.1 Å². The van der Waals surface area contributed by atoms with Crippen LogP contribution >= 0.6 is 0 Å². The average molecular weight is 778 g/mol. The maximum atomic E-state index is 12.8. The van der Waals surface area contributed by atoms with Gasteiger partial charge in [-0.2, -0.15) is 0 Å². The smallest absolute Gasteiger partial charge is 0.345 e. The molecule has 10 rings (SSSR count). The zero-order chi connectivity index (χ0) is 40.1. The number of pyridine rings is 1. The van der Waals surface area contributed by atoms with E-state index in [0.717, 1.165) is 108 Å². The Bertz CT molecular complexity index is 2940. The molecule has 0 aliphatic carbocycles. The van der Waals surface area contributed by atoms with Crippen molar-refractivity contribution in [1.29, 1.82) is 0 Å². The van der Waals surface area contributed by atoms with Crippen LogP contribution in [0.1, 0.15) is 30.4 Å². The third-order valence-electron chi connectivity index (χ3n) is 11.4. The maximum Gasteiger partial charge on any atom is 0.345 e.